The predicted octanol–water partition coefficient (Wildman–Crippen LogP) is 13.0. The van der Waals surface area contributed by atoms with E-state index in [4.69, 9.17) is 9.47 Å². The topological polar surface area (TPSA) is 149 Å². The largest absolute Gasteiger partial charge is 0.394 e. The second kappa shape index (κ2) is 45.5. The fourth-order valence-electron chi connectivity index (χ4n) is 8.85. The molecule has 378 valence electrons. The maximum Gasteiger partial charge on any atom is 0.220 e. The van der Waals surface area contributed by atoms with Crippen LogP contribution in [0.3, 0.4) is 0 Å². The lowest BCUT2D eigenvalue weighted by Gasteiger charge is -2.40. The minimum Gasteiger partial charge on any atom is -0.394 e. The highest BCUT2D eigenvalue weighted by molar-refractivity contribution is 5.76. The molecule has 6 N–H and O–H groups in total. The van der Waals surface area contributed by atoms with Gasteiger partial charge < -0.3 is 40.3 Å². The molecule has 1 saturated heterocycles. The Labute approximate surface area is 394 Å². The number of nitrogens with one attached hydrogen (secondary N) is 1. The average Bonchev–Trinajstić information content (AvgIpc) is 3.29. The van der Waals surface area contributed by atoms with Gasteiger partial charge in [0.2, 0.25) is 5.91 Å². The van der Waals surface area contributed by atoms with Gasteiger partial charge in [-0.05, 0) is 38.5 Å². The fourth-order valence-corrected chi connectivity index (χ4v) is 8.85. The molecule has 1 aliphatic heterocycles. The number of carbonyl (C=O) groups is 1. The zero-order valence-corrected chi connectivity index (χ0v) is 41.8. The Morgan fingerprint density at radius 3 is 1.30 bits per heavy atom. The lowest BCUT2D eigenvalue weighted by Crippen LogP contribution is -2.60. The second-order valence-electron chi connectivity index (χ2n) is 19.4. The molecule has 0 aromatic rings. The van der Waals surface area contributed by atoms with E-state index in [2.05, 4.69) is 31.3 Å². The van der Waals surface area contributed by atoms with Crippen molar-refractivity contribution in [1.82, 2.24) is 5.32 Å². The number of aliphatic hydroxyl groups excluding tert-OH is 5. The van der Waals surface area contributed by atoms with Gasteiger partial charge in [0.05, 0.1) is 25.4 Å². The van der Waals surface area contributed by atoms with Crippen molar-refractivity contribution >= 4 is 5.91 Å². The number of allylic oxidation sites excluding steroid dienone is 3. The van der Waals surface area contributed by atoms with Crippen LogP contribution in [-0.4, -0.2) is 87.5 Å². The van der Waals surface area contributed by atoms with E-state index in [-0.39, 0.29) is 12.5 Å². The molecule has 1 amide bonds. The molecule has 0 saturated carbocycles. The van der Waals surface area contributed by atoms with E-state index >= 15 is 0 Å². The molecule has 0 spiro atoms. The molecule has 0 aliphatic carbocycles. The van der Waals surface area contributed by atoms with Crippen LogP contribution in [0.5, 0.6) is 0 Å². The van der Waals surface area contributed by atoms with Crippen LogP contribution >= 0.6 is 0 Å². The Kier molecular flexibility index (Phi) is 43.1. The molecule has 0 bridgehead atoms. The first kappa shape index (κ1) is 60.7. The Morgan fingerprint density at radius 1 is 0.516 bits per heavy atom. The minimum atomic E-state index is -1.56. The number of aliphatic hydroxyl groups is 5. The summed E-state index contributed by atoms with van der Waals surface area (Å²) in [5.74, 6) is -0.182. The highest BCUT2D eigenvalue weighted by Crippen LogP contribution is 2.23. The third kappa shape index (κ3) is 34.9. The van der Waals surface area contributed by atoms with Crippen molar-refractivity contribution in [3.05, 3.63) is 24.3 Å². The summed E-state index contributed by atoms with van der Waals surface area (Å²) in [6.07, 6.45) is 50.8. The molecule has 7 unspecified atom stereocenters. The number of hydrogen-bond acceptors (Lipinski definition) is 8. The molecule has 1 aliphatic rings. The van der Waals surface area contributed by atoms with E-state index in [9.17, 15) is 30.3 Å². The summed E-state index contributed by atoms with van der Waals surface area (Å²) >= 11 is 0. The van der Waals surface area contributed by atoms with Crippen molar-refractivity contribution in [2.24, 2.45) is 0 Å². The Balaban J connectivity index is 1.91. The molecule has 9 heteroatoms. The van der Waals surface area contributed by atoms with Gasteiger partial charge in [-0.15, -0.1) is 0 Å². The van der Waals surface area contributed by atoms with Crippen molar-refractivity contribution in [2.75, 3.05) is 13.2 Å². The first-order valence-corrected chi connectivity index (χ1v) is 27.6. The molecule has 0 aromatic heterocycles. The smallest absolute Gasteiger partial charge is 0.220 e. The maximum atomic E-state index is 12.8. The Morgan fingerprint density at radius 2 is 0.891 bits per heavy atom. The van der Waals surface area contributed by atoms with Crippen LogP contribution in [0.15, 0.2) is 24.3 Å². The fraction of sp³-hybridized carbons (Fsp3) is 0.909. The first-order chi connectivity index (χ1) is 31.3. The zero-order chi connectivity index (χ0) is 46.6. The number of unbranched alkanes of at least 4 members (excludes halogenated alkanes) is 35. The van der Waals surface area contributed by atoms with E-state index in [1.54, 1.807) is 6.08 Å². The van der Waals surface area contributed by atoms with Crippen LogP contribution in [-0.2, 0) is 14.3 Å². The summed E-state index contributed by atoms with van der Waals surface area (Å²) in [5.41, 5.74) is 0. The van der Waals surface area contributed by atoms with E-state index in [1.807, 2.05) is 6.08 Å². The van der Waals surface area contributed by atoms with Crippen molar-refractivity contribution in [1.29, 1.82) is 0 Å². The molecular weight excluding hydrogens is 803 g/mol. The van der Waals surface area contributed by atoms with Crippen LogP contribution in [0.2, 0.25) is 0 Å². The highest BCUT2D eigenvalue weighted by Gasteiger charge is 2.44. The minimum absolute atomic E-state index is 0.182. The van der Waals surface area contributed by atoms with Crippen LogP contribution in [0, 0.1) is 0 Å². The van der Waals surface area contributed by atoms with Crippen LogP contribution in [0.4, 0.5) is 0 Å². The summed E-state index contributed by atoms with van der Waals surface area (Å²) in [5, 5.41) is 53.6. The SMILES string of the molecule is CCCC/C=C/C(O)C(COC1OC(CO)C(O)C(O)C1O)NC(=O)CCCCCCCCCCCCCCCCCCCCCCCCCCC/C=C\CCCCCCCCCC. The van der Waals surface area contributed by atoms with E-state index < -0.39 is 49.5 Å². The van der Waals surface area contributed by atoms with E-state index in [0.717, 1.165) is 38.5 Å². The van der Waals surface area contributed by atoms with Crippen LogP contribution in [0.25, 0.3) is 0 Å². The second-order valence-corrected chi connectivity index (χ2v) is 19.4. The predicted molar refractivity (Wildman–Crippen MR) is 267 cm³/mol. The Hall–Kier alpha value is -1.33. The van der Waals surface area contributed by atoms with Gasteiger partial charge >= 0.3 is 0 Å². The van der Waals surface area contributed by atoms with Crippen LogP contribution in [0.1, 0.15) is 264 Å². The van der Waals surface area contributed by atoms with Gasteiger partial charge in [0.25, 0.3) is 0 Å². The number of ether oxygens (including phenoxy) is 2. The van der Waals surface area contributed by atoms with Gasteiger partial charge in [-0.3, -0.25) is 4.79 Å². The van der Waals surface area contributed by atoms with Crippen molar-refractivity contribution in [3.8, 4) is 0 Å². The lowest BCUT2D eigenvalue weighted by molar-refractivity contribution is -0.302. The quantitative estimate of drug-likeness (QED) is 0.0261. The van der Waals surface area contributed by atoms with Crippen molar-refractivity contribution in [3.63, 3.8) is 0 Å². The summed E-state index contributed by atoms with van der Waals surface area (Å²) < 4.78 is 11.1. The normalized spacial score (nSPS) is 20.1. The Bertz CT molecular complexity index is 1060. The monoisotopic (exact) mass is 908 g/mol. The molecule has 7 atom stereocenters. The van der Waals surface area contributed by atoms with Crippen LogP contribution < -0.4 is 5.32 Å². The third-order valence-corrected chi connectivity index (χ3v) is 13.3. The maximum absolute atomic E-state index is 12.8. The molecule has 1 fully saturated rings. The van der Waals surface area contributed by atoms with Gasteiger partial charge in [0, 0.05) is 6.42 Å². The summed E-state index contributed by atoms with van der Waals surface area (Å²) in [4.78, 5) is 12.8. The summed E-state index contributed by atoms with van der Waals surface area (Å²) in [7, 11) is 0. The van der Waals surface area contributed by atoms with E-state index in [0.29, 0.717) is 6.42 Å². The molecule has 0 aromatic carbocycles. The highest BCUT2D eigenvalue weighted by atomic mass is 16.7. The summed E-state index contributed by atoms with van der Waals surface area (Å²) in [6.45, 7) is 3.63. The number of hydrogen-bond donors (Lipinski definition) is 6. The van der Waals surface area contributed by atoms with E-state index in [1.165, 1.54) is 205 Å². The molecular formula is C55H105NO8. The zero-order valence-electron chi connectivity index (χ0n) is 41.8. The van der Waals surface area contributed by atoms with Crippen molar-refractivity contribution in [2.45, 2.75) is 307 Å². The van der Waals surface area contributed by atoms with Gasteiger partial charge in [-0.25, -0.2) is 0 Å². The molecule has 1 heterocycles. The number of rotatable bonds is 47. The molecule has 0 radical (unpaired) electrons. The van der Waals surface area contributed by atoms with Gasteiger partial charge in [-0.2, -0.15) is 0 Å². The lowest BCUT2D eigenvalue weighted by atomic mass is 9.99. The van der Waals surface area contributed by atoms with Gasteiger partial charge in [0.15, 0.2) is 6.29 Å². The first-order valence-electron chi connectivity index (χ1n) is 27.6. The number of carbonyl (C=O) groups excluding carboxylic acids is 1. The molecule has 1 rings (SSSR count). The standard InChI is InChI=1S/C55H105NO8/c1-3-5-7-9-10-11-12-13-14-15-16-17-18-19-20-21-22-23-24-25-26-27-28-29-30-31-32-33-34-35-36-37-38-39-40-41-43-45-51(59)56-48(49(58)44-42-8-6-4-2)47-63-55-54(62)53(61)52(60)50(46-57)64-55/h15-16,42,44,48-50,52-55,57-58,60-62H,3-14,17-41,43,45-47H2,1-2H3,(H,56,59)/b16-15-,44-42+. The molecule has 64 heavy (non-hydrogen) atoms. The number of amides is 1. The third-order valence-electron chi connectivity index (χ3n) is 13.3. The van der Waals surface area contributed by atoms with Gasteiger partial charge in [-0.1, -0.05) is 244 Å². The molecule has 9 nitrogen and oxygen atoms in total. The van der Waals surface area contributed by atoms with Crippen molar-refractivity contribution < 1.29 is 39.8 Å². The average molecular weight is 908 g/mol. The summed E-state index contributed by atoms with van der Waals surface area (Å²) in [6, 6.07) is -0.797. The van der Waals surface area contributed by atoms with Gasteiger partial charge in [0.1, 0.15) is 24.4 Å².